The Kier molecular flexibility index (Phi) is 6.60. The van der Waals surface area contributed by atoms with E-state index in [9.17, 15) is 0 Å². The molecule has 0 N–H and O–H groups in total. The van der Waals surface area contributed by atoms with Crippen LogP contribution in [0.3, 0.4) is 0 Å². The fourth-order valence-electron chi connectivity index (χ4n) is 8.51. The van der Waals surface area contributed by atoms with Crippen LogP contribution in [0.2, 0.25) is 0 Å². The fraction of sp³-hybridized carbons (Fsp3) is 0.0600. The lowest BCUT2D eigenvalue weighted by molar-refractivity contribution is 0.660. The van der Waals surface area contributed by atoms with Gasteiger partial charge in [-0.15, -0.1) is 0 Å². The van der Waals surface area contributed by atoms with Gasteiger partial charge in [-0.05, 0) is 101 Å². The molecule has 0 spiro atoms. The summed E-state index contributed by atoms with van der Waals surface area (Å²) in [5.41, 5.74) is 14.5. The molecule has 1 heterocycles. The topological polar surface area (TPSA) is 12.9 Å². The minimum absolute atomic E-state index is 0.0594. The zero-order valence-electron chi connectivity index (χ0n) is 28.7. The number of hydrogen-bond donors (Lipinski definition) is 0. The van der Waals surface area contributed by atoms with Crippen LogP contribution in [-0.2, 0) is 5.41 Å². The molecule has 0 fully saturated rings. The maximum Gasteiger partial charge on any atom is 0.0715 e. The van der Waals surface area contributed by atoms with Crippen LogP contribution in [0.1, 0.15) is 25.0 Å². The molecular formula is C50H35N. The molecule has 1 aliphatic carbocycles. The van der Waals surface area contributed by atoms with Crippen LogP contribution in [0.25, 0.3) is 88.2 Å². The van der Waals surface area contributed by atoms with E-state index in [-0.39, 0.29) is 5.41 Å². The number of fused-ring (bicyclic) bond motifs is 9. The summed E-state index contributed by atoms with van der Waals surface area (Å²) < 4.78 is 0. The summed E-state index contributed by atoms with van der Waals surface area (Å²) in [6.07, 6.45) is 0. The molecule has 51 heavy (non-hydrogen) atoms. The minimum atomic E-state index is -0.0594. The summed E-state index contributed by atoms with van der Waals surface area (Å²) in [5.74, 6) is 0. The van der Waals surface area contributed by atoms with Crippen molar-refractivity contribution in [3.63, 3.8) is 0 Å². The predicted octanol–water partition coefficient (Wildman–Crippen LogP) is 13.5. The molecule has 240 valence electrons. The molecule has 0 saturated heterocycles. The van der Waals surface area contributed by atoms with E-state index in [4.69, 9.17) is 4.98 Å². The third kappa shape index (κ3) is 4.66. The Morgan fingerprint density at radius 3 is 1.69 bits per heavy atom. The highest BCUT2D eigenvalue weighted by molar-refractivity contribution is 6.28. The molecule has 1 aromatic heterocycles. The SMILES string of the molecule is CC1(C)c2ccccc2-c2ccc(-c3cccc4c5ccccc5c5cc(-c6cc(-c7ccccc7)cc(-c7ccccc7)n6)ccc5c34)cc21. The van der Waals surface area contributed by atoms with E-state index in [1.54, 1.807) is 0 Å². The van der Waals surface area contributed by atoms with Crippen molar-refractivity contribution in [3.05, 3.63) is 187 Å². The molecule has 1 nitrogen and oxygen atoms in total. The third-order valence-corrected chi connectivity index (χ3v) is 11.1. The Labute approximate surface area is 298 Å². The van der Waals surface area contributed by atoms with Crippen molar-refractivity contribution in [2.45, 2.75) is 19.3 Å². The maximum absolute atomic E-state index is 5.28. The molecule has 8 aromatic carbocycles. The van der Waals surface area contributed by atoms with Crippen molar-refractivity contribution >= 4 is 32.3 Å². The largest absolute Gasteiger partial charge is 0.248 e. The first-order valence-electron chi connectivity index (χ1n) is 17.8. The molecule has 1 aliphatic rings. The van der Waals surface area contributed by atoms with Crippen LogP contribution in [0.4, 0.5) is 0 Å². The molecule has 10 rings (SSSR count). The van der Waals surface area contributed by atoms with Gasteiger partial charge in [-0.3, -0.25) is 0 Å². The van der Waals surface area contributed by atoms with Gasteiger partial charge in [-0.25, -0.2) is 4.98 Å². The summed E-state index contributed by atoms with van der Waals surface area (Å²) in [5, 5.41) is 7.60. The first-order valence-corrected chi connectivity index (χ1v) is 17.8. The average Bonchev–Trinajstić information content (AvgIpc) is 3.43. The van der Waals surface area contributed by atoms with E-state index in [1.165, 1.54) is 71.3 Å². The second-order valence-corrected chi connectivity index (χ2v) is 14.3. The van der Waals surface area contributed by atoms with Gasteiger partial charge in [0.25, 0.3) is 0 Å². The van der Waals surface area contributed by atoms with Gasteiger partial charge in [0.05, 0.1) is 11.4 Å². The van der Waals surface area contributed by atoms with Crippen LogP contribution < -0.4 is 0 Å². The number of nitrogens with zero attached hydrogens (tertiary/aromatic N) is 1. The molecule has 9 aromatic rings. The summed E-state index contributed by atoms with van der Waals surface area (Å²) in [6.45, 7) is 4.72. The quantitative estimate of drug-likeness (QED) is 0.173. The van der Waals surface area contributed by atoms with Gasteiger partial charge in [0.1, 0.15) is 0 Å². The summed E-state index contributed by atoms with van der Waals surface area (Å²) in [7, 11) is 0. The number of hydrogen-bond acceptors (Lipinski definition) is 1. The van der Waals surface area contributed by atoms with Gasteiger partial charge in [-0.2, -0.15) is 0 Å². The lowest BCUT2D eigenvalue weighted by Crippen LogP contribution is -2.14. The Balaban J connectivity index is 1.21. The second kappa shape index (κ2) is 11.4. The Morgan fingerprint density at radius 1 is 0.333 bits per heavy atom. The van der Waals surface area contributed by atoms with Crippen molar-refractivity contribution < 1.29 is 0 Å². The normalized spacial score (nSPS) is 13.1. The standard InChI is InChI=1S/C50H35N/c1-50(2)45-23-12-11-20-40(45)41-26-24-34(29-46(41)50)37-21-13-22-42-38-18-9-10-19-39(38)44-28-35(25-27-43(44)49(37)42)48-31-36(32-14-5-3-6-15-32)30-47(51-48)33-16-7-4-8-17-33/h3-31H,1-2H3. The zero-order valence-corrected chi connectivity index (χ0v) is 28.7. The molecule has 0 aliphatic heterocycles. The molecule has 0 atom stereocenters. The lowest BCUT2D eigenvalue weighted by Gasteiger charge is -2.22. The second-order valence-electron chi connectivity index (χ2n) is 14.3. The lowest BCUT2D eigenvalue weighted by atomic mass is 9.81. The smallest absolute Gasteiger partial charge is 0.0715 e. The van der Waals surface area contributed by atoms with Crippen LogP contribution in [0.15, 0.2) is 176 Å². The number of benzene rings is 8. The van der Waals surface area contributed by atoms with Gasteiger partial charge >= 0.3 is 0 Å². The molecule has 0 saturated carbocycles. The van der Waals surface area contributed by atoms with Crippen LogP contribution >= 0.6 is 0 Å². The Bertz CT molecular complexity index is 2750. The van der Waals surface area contributed by atoms with Crippen LogP contribution in [0.5, 0.6) is 0 Å². The van der Waals surface area contributed by atoms with E-state index >= 15 is 0 Å². The number of rotatable bonds is 4. The van der Waals surface area contributed by atoms with E-state index in [1.807, 2.05) is 0 Å². The van der Waals surface area contributed by atoms with E-state index in [0.717, 1.165) is 28.1 Å². The molecular weight excluding hydrogens is 615 g/mol. The summed E-state index contributed by atoms with van der Waals surface area (Å²) in [6, 6.07) is 64.2. The zero-order chi connectivity index (χ0) is 34.1. The maximum atomic E-state index is 5.28. The molecule has 0 bridgehead atoms. The monoisotopic (exact) mass is 649 g/mol. The van der Waals surface area contributed by atoms with E-state index < -0.39 is 0 Å². The van der Waals surface area contributed by atoms with Gasteiger partial charge in [0.15, 0.2) is 0 Å². The van der Waals surface area contributed by atoms with Crippen molar-refractivity contribution in [2.24, 2.45) is 0 Å². The average molecular weight is 650 g/mol. The van der Waals surface area contributed by atoms with Gasteiger partial charge in [0.2, 0.25) is 0 Å². The van der Waals surface area contributed by atoms with Gasteiger partial charge in [-0.1, -0.05) is 166 Å². The number of aromatic nitrogens is 1. The highest BCUT2D eigenvalue weighted by atomic mass is 14.7. The van der Waals surface area contributed by atoms with Crippen molar-refractivity contribution in [1.82, 2.24) is 4.98 Å². The first kappa shape index (κ1) is 29.6. The Hall–Kier alpha value is -6.31. The Morgan fingerprint density at radius 2 is 0.902 bits per heavy atom. The van der Waals surface area contributed by atoms with Crippen molar-refractivity contribution in [3.8, 4) is 55.9 Å². The van der Waals surface area contributed by atoms with Crippen molar-refractivity contribution in [2.75, 3.05) is 0 Å². The summed E-state index contributed by atoms with van der Waals surface area (Å²) in [4.78, 5) is 5.28. The minimum Gasteiger partial charge on any atom is -0.248 e. The first-order chi connectivity index (χ1) is 25.0. The van der Waals surface area contributed by atoms with Crippen LogP contribution in [-0.4, -0.2) is 4.98 Å². The fourth-order valence-corrected chi connectivity index (χ4v) is 8.51. The molecule has 0 radical (unpaired) electrons. The van der Waals surface area contributed by atoms with Gasteiger partial charge in [0, 0.05) is 16.5 Å². The molecule has 0 unspecified atom stereocenters. The van der Waals surface area contributed by atoms with E-state index in [2.05, 4.69) is 190 Å². The molecule has 0 amide bonds. The highest BCUT2D eigenvalue weighted by Gasteiger charge is 2.35. The van der Waals surface area contributed by atoms with Gasteiger partial charge < -0.3 is 0 Å². The summed E-state index contributed by atoms with van der Waals surface area (Å²) >= 11 is 0. The van der Waals surface area contributed by atoms with Crippen molar-refractivity contribution in [1.29, 1.82) is 0 Å². The number of pyridine rings is 1. The third-order valence-electron chi connectivity index (χ3n) is 11.1. The highest BCUT2D eigenvalue weighted by Crippen LogP contribution is 2.50. The predicted molar refractivity (Wildman–Crippen MR) is 216 cm³/mol. The van der Waals surface area contributed by atoms with E-state index in [0.29, 0.717) is 0 Å². The van der Waals surface area contributed by atoms with Crippen LogP contribution in [0, 0.1) is 0 Å². The molecule has 1 heteroatoms.